The molecule has 0 aliphatic carbocycles. The van der Waals surface area contributed by atoms with E-state index in [-0.39, 0.29) is 6.67 Å². The molecule has 3 N–H and O–H groups in total. The second-order valence-electron chi connectivity index (χ2n) is 9.23. The van der Waals surface area contributed by atoms with Crippen LogP contribution >= 0.6 is 0 Å². The molecule has 0 bridgehead atoms. The van der Waals surface area contributed by atoms with Crippen molar-refractivity contribution in [1.82, 2.24) is 29.6 Å². The van der Waals surface area contributed by atoms with E-state index in [1.807, 2.05) is 0 Å². The number of unbranched alkanes of at least 4 members (excludes halogenated alkanes) is 1. The summed E-state index contributed by atoms with van der Waals surface area (Å²) in [5.41, 5.74) is 3.00. The number of hydrogen-bond donors (Lipinski definition) is 3. The zero-order valence-corrected chi connectivity index (χ0v) is 20.8. The Bertz CT molecular complexity index is 1150. The maximum absolute atomic E-state index is 12.9. The maximum atomic E-state index is 12.9. The molecule has 0 fully saturated rings. The molecule has 0 amide bonds. The summed E-state index contributed by atoms with van der Waals surface area (Å²) in [7, 11) is 1.77. The SMILES string of the molecule is Cn1ncc2c(NC(CCN(CCCF)CCCCc3ccc4c(n3)NCCC4)C(=O)O)ncnc21. The van der Waals surface area contributed by atoms with Gasteiger partial charge in [0, 0.05) is 32.4 Å². The summed E-state index contributed by atoms with van der Waals surface area (Å²) in [6.45, 7) is 2.53. The fraction of sp³-hybridized carbons (Fsp3) is 0.560. The summed E-state index contributed by atoms with van der Waals surface area (Å²) in [5.74, 6) is 0.508. The van der Waals surface area contributed by atoms with Crippen LogP contribution in [0.15, 0.2) is 24.7 Å². The monoisotopic (exact) mass is 498 g/mol. The van der Waals surface area contributed by atoms with Crippen molar-refractivity contribution in [1.29, 1.82) is 0 Å². The lowest BCUT2D eigenvalue weighted by Crippen LogP contribution is -2.36. The molecule has 11 heteroatoms. The number of carbonyl (C=O) groups is 1. The summed E-state index contributed by atoms with van der Waals surface area (Å²) in [6.07, 6.45) is 8.84. The number of aliphatic carboxylic acids is 1. The Labute approximate surface area is 210 Å². The fourth-order valence-electron chi connectivity index (χ4n) is 4.58. The van der Waals surface area contributed by atoms with Gasteiger partial charge in [0.25, 0.3) is 0 Å². The van der Waals surface area contributed by atoms with E-state index in [0.717, 1.165) is 56.7 Å². The molecule has 36 heavy (non-hydrogen) atoms. The highest BCUT2D eigenvalue weighted by atomic mass is 19.1. The second kappa shape index (κ2) is 12.6. The van der Waals surface area contributed by atoms with Crippen LogP contribution in [-0.2, 0) is 24.7 Å². The summed E-state index contributed by atoms with van der Waals surface area (Å²) in [4.78, 5) is 27.3. The molecule has 1 atom stereocenters. The predicted molar refractivity (Wildman–Crippen MR) is 137 cm³/mol. The molecule has 3 aromatic rings. The topological polar surface area (TPSA) is 121 Å². The molecule has 194 valence electrons. The Morgan fingerprint density at radius 3 is 2.94 bits per heavy atom. The number of aromatic nitrogens is 5. The van der Waals surface area contributed by atoms with E-state index in [4.69, 9.17) is 4.98 Å². The van der Waals surface area contributed by atoms with E-state index in [1.54, 1.807) is 17.9 Å². The van der Waals surface area contributed by atoms with Crippen LogP contribution in [0, 0.1) is 0 Å². The van der Waals surface area contributed by atoms with E-state index in [1.165, 1.54) is 11.9 Å². The van der Waals surface area contributed by atoms with Gasteiger partial charge in [-0.25, -0.2) is 19.7 Å². The van der Waals surface area contributed by atoms with Crippen LogP contribution in [0.4, 0.5) is 16.0 Å². The van der Waals surface area contributed by atoms with Gasteiger partial charge in [-0.2, -0.15) is 5.10 Å². The number of alkyl halides is 1. The smallest absolute Gasteiger partial charge is 0.326 e. The van der Waals surface area contributed by atoms with E-state index in [2.05, 4.69) is 42.7 Å². The number of aryl methyl sites for hydroxylation is 3. The quantitative estimate of drug-likeness (QED) is 0.288. The largest absolute Gasteiger partial charge is 0.480 e. The summed E-state index contributed by atoms with van der Waals surface area (Å²) >= 11 is 0. The standard InChI is InChI=1S/C25H35FN8O2/c1-33-24-20(16-30-33)23(28-17-29-24)32-21(25(35)36)10-15-34(14-5-11-26)13-3-2-7-19-9-8-18-6-4-12-27-22(18)31-19/h8-9,16-17,21H,2-7,10-15H2,1H3,(H,27,31)(H,35,36)(H,28,29,32). The van der Waals surface area contributed by atoms with Gasteiger partial charge in [0.05, 0.1) is 18.3 Å². The Morgan fingerprint density at radius 1 is 1.25 bits per heavy atom. The first-order valence-electron chi connectivity index (χ1n) is 12.7. The predicted octanol–water partition coefficient (Wildman–Crippen LogP) is 3.06. The molecule has 0 saturated carbocycles. The lowest BCUT2D eigenvalue weighted by Gasteiger charge is -2.24. The lowest BCUT2D eigenvalue weighted by molar-refractivity contribution is -0.138. The number of carboxylic acid groups (broad SMARTS) is 1. The number of anilines is 2. The number of fused-ring (bicyclic) bond motifs is 2. The maximum Gasteiger partial charge on any atom is 0.326 e. The first-order chi connectivity index (χ1) is 17.5. The Balaban J connectivity index is 1.29. The third kappa shape index (κ3) is 6.66. The first-order valence-corrected chi connectivity index (χ1v) is 12.7. The van der Waals surface area contributed by atoms with Gasteiger partial charge < -0.3 is 20.6 Å². The molecule has 1 aliphatic rings. The van der Waals surface area contributed by atoms with Crippen molar-refractivity contribution in [3.05, 3.63) is 35.9 Å². The normalized spacial score (nSPS) is 14.0. The summed E-state index contributed by atoms with van der Waals surface area (Å²) in [6, 6.07) is 3.46. The highest BCUT2D eigenvalue weighted by molar-refractivity contribution is 5.88. The number of halogens is 1. The Hall–Kier alpha value is -3.34. The van der Waals surface area contributed by atoms with Crippen LogP contribution < -0.4 is 10.6 Å². The molecule has 4 heterocycles. The zero-order valence-electron chi connectivity index (χ0n) is 20.8. The van der Waals surface area contributed by atoms with Gasteiger partial charge in [0.15, 0.2) is 5.65 Å². The van der Waals surface area contributed by atoms with Gasteiger partial charge in [0.1, 0.15) is 24.0 Å². The lowest BCUT2D eigenvalue weighted by atomic mass is 10.1. The molecule has 0 aromatic carbocycles. The van der Waals surface area contributed by atoms with Gasteiger partial charge in [-0.1, -0.05) is 6.07 Å². The van der Waals surface area contributed by atoms with Gasteiger partial charge in [-0.15, -0.1) is 0 Å². The average molecular weight is 499 g/mol. The van der Waals surface area contributed by atoms with Crippen molar-refractivity contribution in [2.75, 3.05) is 43.5 Å². The van der Waals surface area contributed by atoms with Crippen molar-refractivity contribution < 1.29 is 14.3 Å². The third-order valence-electron chi connectivity index (χ3n) is 6.59. The van der Waals surface area contributed by atoms with Crippen LogP contribution in [-0.4, -0.2) is 79.6 Å². The number of carboxylic acids is 1. The van der Waals surface area contributed by atoms with Gasteiger partial charge in [0.2, 0.25) is 0 Å². The molecule has 1 unspecified atom stereocenters. The number of rotatable bonds is 14. The molecule has 0 saturated heterocycles. The van der Waals surface area contributed by atoms with E-state index >= 15 is 0 Å². The molecule has 1 aliphatic heterocycles. The fourth-order valence-corrected chi connectivity index (χ4v) is 4.58. The van der Waals surface area contributed by atoms with E-state index in [9.17, 15) is 14.3 Å². The highest BCUT2D eigenvalue weighted by Crippen LogP contribution is 2.21. The van der Waals surface area contributed by atoms with E-state index in [0.29, 0.717) is 42.8 Å². The Morgan fingerprint density at radius 2 is 2.11 bits per heavy atom. The first kappa shape index (κ1) is 25.7. The molecule has 10 nitrogen and oxygen atoms in total. The van der Waals surface area contributed by atoms with Crippen molar-refractivity contribution in [2.24, 2.45) is 7.05 Å². The van der Waals surface area contributed by atoms with Crippen molar-refractivity contribution >= 4 is 28.6 Å². The van der Waals surface area contributed by atoms with Crippen molar-refractivity contribution in [3.8, 4) is 0 Å². The number of nitrogens with one attached hydrogen (secondary N) is 2. The van der Waals surface area contributed by atoms with Gasteiger partial charge >= 0.3 is 5.97 Å². The summed E-state index contributed by atoms with van der Waals surface area (Å²) < 4.78 is 14.5. The highest BCUT2D eigenvalue weighted by Gasteiger charge is 2.21. The van der Waals surface area contributed by atoms with Crippen molar-refractivity contribution in [3.63, 3.8) is 0 Å². The molecule has 3 aromatic heterocycles. The Kier molecular flexibility index (Phi) is 8.99. The molecular formula is C25H35FN8O2. The second-order valence-corrected chi connectivity index (χ2v) is 9.23. The number of hydrogen-bond acceptors (Lipinski definition) is 8. The molecule has 0 spiro atoms. The van der Waals surface area contributed by atoms with Crippen LogP contribution in [0.1, 0.15) is 43.4 Å². The van der Waals surface area contributed by atoms with Crippen LogP contribution in [0.25, 0.3) is 11.0 Å². The summed E-state index contributed by atoms with van der Waals surface area (Å²) in [5, 5.41) is 21.1. The molecular weight excluding hydrogens is 463 g/mol. The van der Waals surface area contributed by atoms with Crippen LogP contribution in [0.2, 0.25) is 0 Å². The molecule has 4 rings (SSSR count). The van der Waals surface area contributed by atoms with Crippen LogP contribution in [0.3, 0.4) is 0 Å². The number of pyridine rings is 1. The number of nitrogens with zero attached hydrogens (tertiary/aromatic N) is 6. The minimum absolute atomic E-state index is 0.366. The molecule has 0 radical (unpaired) electrons. The van der Waals surface area contributed by atoms with Gasteiger partial charge in [-0.05, 0) is 63.1 Å². The average Bonchev–Trinajstić information content (AvgIpc) is 3.28. The van der Waals surface area contributed by atoms with E-state index < -0.39 is 12.0 Å². The zero-order chi connectivity index (χ0) is 25.3. The van der Waals surface area contributed by atoms with Gasteiger partial charge in [-0.3, -0.25) is 9.07 Å². The van der Waals surface area contributed by atoms with Crippen molar-refractivity contribution in [2.45, 2.75) is 51.0 Å². The minimum Gasteiger partial charge on any atom is -0.480 e. The third-order valence-corrected chi connectivity index (χ3v) is 6.59. The minimum atomic E-state index is -0.955. The van der Waals surface area contributed by atoms with Crippen LogP contribution in [0.5, 0.6) is 0 Å².